The molecule has 0 unspecified atom stereocenters. The van der Waals surface area contributed by atoms with Gasteiger partial charge in [-0.25, -0.2) is 4.68 Å². The average molecular weight is 346 g/mol. The molecule has 1 heterocycles. The Morgan fingerprint density at radius 3 is 2.40 bits per heavy atom. The lowest BCUT2D eigenvalue weighted by atomic mass is 10.1. The molecule has 0 bridgehead atoms. The largest absolute Gasteiger partial charge is 0.435 e. The lowest BCUT2D eigenvalue weighted by Gasteiger charge is -2.14. The van der Waals surface area contributed by atoms with Gasteiger partial charge in [0.25, 0.3) is 5.56 Å². The van der Waals surface area contributed by atoms with Crippen LogP contribution in [0.1, 0.15) is 17.4 Å². The summed E-state index contributed by atoms with van der Waals surface area (Å²) in [6.45, 7) is -1.15. The highest BCUT2D eigenvalue weighted by atomic mass is 19.3. The Balaban J connectivity index is 1.86. The molecule has 0 aliphatic rings. The highest BCUT2D eigenvalue weighted by Gasteiger charge is 2.14. The fourth-order valence-corrected chi connectivity index (χ4v) is 2.67. The number of fused-ring (bicyclic) bond motifs is 1. The molecule has 0 fully saturated rings. The maximum absolute atomic E-state index is 12.5. The molecule has 25 heavy (non-hydrogen) atoms. The molecular formula is C18H16F2N2O3. The summed E-state index contributed by atoms with van der Waals surface area (Å²) in [6.07, 6.45) is -1.01. The number of aliphatic hydroxyl groups is 1. The van der Waals surface area contributed by atoms with Crippen LogP contribution in [0.5, 0.6) is 5.75 Å². The van der Waals surface area contributed by atoms with E-state index in [4.69, 9.17) is 0 Å². The number of aryl methyl sites for hydroxylation is 1. The molecule has 0 saturated heterocycles. The molecule has 1 N–H and O–H groups in total. The van der Waals surface area contributed by atoms with E-state index in [2.05, 4.69) is 9.84 Å². The van der Waals surface area contributed by atoms with Crippen LogP contribution in [0.4, 0.5) is 8.78 Å². The van der Waals surface area contributed by atoms with Gasteiger partial charge in [0.1, 0.15) is 5.75 Å². The normalized spacial score (nSPS) is 12.5. The number of hydrogen-bond acceptors (Lipinski definition) is 4. The van der Waals surface area contributed by atoms with E-state index >= 15 is 0 Å². The van der Waals surface area contributed by atoms with Gasteiger partial charge in [0.15, 0.2) is 0 Å². The Morgan fingerprint density at radius 1 is 1.12 bits per heavy atom. The number of aliphatic hydroxyl groups excluding tert-OH is 1. The molecule has 130 valence electrons. The van der Waals surface area contributed by atoms with Gasteiger partial charge in [0.05, 0.1) is 23.7 Å². The minimum atomic E-state index is -2.90. The predicted octanol–water partition coefficient (Wildman–Crippen LogP) is 3.04. The lowest BCUT2D eigenvalue weighted by Crippen LogP contribution is -2.26. The standard InChI is InChI=1S/C18H16F2N2O3/c1-11-14-4-2-3-5-15(14)17(24)22(21-11)10-16(23)12-6-8-13(9-7-12)25-18(19)20/h2-9,16,18,23H,10H2,1H3/t16-/m0/s1. The number of ether oxygens (including phenoxy) is 1. The van der Waals surface area contributed by atoms with Crippen molar-refractivity contribution in [3.05, 3.63) is 70.1 Å². The lowest BCUT2D eigenvalue weighted by molar-refractivity contribution is -0.0498. The van der Waals surface area contributed by atoms with Gasteiger partial charge in [-0.1, -0.05) is 30.3 Å². The summed E-state index contributed by atoms with van der Waals surface area (Å²) in [7, 11) is 0. The van der Waals surface area contributed by atoms with E-state index < -0.39 is 12.7 Å². The van der Waals surface area contributed by atoms with Crippen LogP contribution in [0.15, 0.2) is 53.3 Å². The van der Waals surface area contributed by atoms with E-state index in [1.54, 1.807) is 19.1 Å². The van der Waals surface area contributed by atoms with Gasteiger partial charge in [0.2, 0.25) is 0 Å². The van der Waals surface area contributed by atoms with Crippen molar-refractivity contribution in [2.24, 2.45) is 0 Å². The average Bonchev–Trinajstić information content (AvgIpc) is 2.59. The summed E-state index contributed by atoms with van der Waals surface area (Å²) in [5.74, 6) is 0.00258. The van der Waals surface area contributed by atoms with Crippen molar-refractivity contribution < 1.29 is 18.6 Å². The number of alkyl halides is 2. The number of aromatic nitrogens is 2. The van der Waals surface area contributed by atoms with Crippen LogP contribution < -0.4 is 10.3 Å². The van der Waals surface area contributed by atoms with Crippen LogP contribution in [0.2, 0.25) is 0 Å². The monoisotopic (exact) mass is 346 g/mol. The zero-order chi connectivity index (χ0) is 18.0. The molecule has 0 aliphatic carbocycles. The van der Waals surface area contributed by atoms with Crippen LogP contribution in [-0.2, 0) is 6.54 Å². The van der Waals surface area contributed by atoms with Crippen LogP contribution in [0.3, 0.4) is 0 Å². The fourth-order valence-electron chi connectivity index (χ4n) is 2.67. The maximum Gasteiger partial charge on any atom is 0.387 e. The zero-order valence-corrected chi connectivity index (χ0v) is 13.4. The Hall–Kier alpha value is -2.80. The molecule has 0 amide bonds. The summed E-state index contributed by atoms with van der Waals surface area (Å²) >= 11 is 0. The second-order valence-corrected chi connectivity index (χ2v) is 5.58. The van der Waals surface area contributed by atoms with E-state index in [1.165, 1.54) is 28.9 Å². The van der Waals surface area contributed by atoms with Gasteiger partial charge in [-0.3, -0.25) is 4.79 Å². The molecule has 0 aliphatic heterocycles. The smallest absolute Gasteiger partial charge is 0.387 e. The highest BCUT2D eigenvalue weighted by Crippen LogP contribution is 2.20. The van der Waals surface area contributed by atoms with E-state index in [0.29, 0.717) is 16.6 Å². The molecule has 5 nitrogen and oxygen atoms in total. The van der Waals surface area contributed by atoms with Crippen molar-refractivity contribution in [3.8, 4) is 5.75 Å². The van der Waals surface area contributed by atoms with Gasteiger partial charge >= 0.3 is 6.61 Å². The van der Waals surface area contributed by atoms with Crippen molar-refractivity contribution in [1.29, 1.82) is 0 Å². The van der Waals surface area contributed by atoms with Gasteiger partial charge in [-0.2, -0.15) is 13.9 Å². The maximum atomic E-state index is 12.5. The third-order valence-corrected chi connectivity index (χ3v) is 3.89. The molecule has 0 spiro atoms. The number of nitrogens with zero attached hydrogens (tertiary/aromatic N) is 2. The van der Waals surface area contributed by atoms with Gasteiger partial charge in [-0.15, -0.1) is 0 Å². The van der Waals surface area contributed by atoms with Gasteiger partial charge < -0.3 is 9.84 Å². The minimum Gasteiger partial charge on any atom is -0.435 e. The van der Waals surface area contributed by atoms with Crippen molar-refractivity contribution in [3.63, 3.8) is 0 Å². The van der Waals surface area contributed by atoms with Crippen molar-refractivity contribution in [2.45, 2.75) is 26.2 Å². The van der Waals surface area contributed by atoms with E-state index in [9.17, 15) is 18.7 Å². The van der Waals surface area contributed by atoms with E-state index in [1.807, 2.05) is 12.1 Å². The molecule has 3 aromatic rings. The molecule has 2 aromatic carbocycles. The number of halogens is 2. The van der Waals surface area contributed by atoms with Crippen LogP contribution >= 0.6 is 0 Å². The van der Waals surface area contributed by atoms with Gasteiger partial charge in [-0.05, 0) is 30.7 Å². The summed E-state index contributed by atoms with van der Waals surface area (Å²) in [5, 5.41) is 15.9. The Morgan fingerprint density at radius 2 is 1.76 bits per heavy atom. The summed E-state index contributed by atoms with van der Waals surface area (Å²) in [4.78, 5) is 12.5. The first kappa shape index (κ1) is 17.0. The summed E-state index contributed by atoms with van der Waals surface area (Å²) in [6, 6.07) is 12.8. The fraction of sp³-hybridized carbons (Fsp3) is 0.222. The molecule has 7 heteroatoms. The molecule has 1 aromatic heterocycles. The van der Waals surface area contributed by atoms with E-state index in [0.717, 1.165) is 5.39 Å². The van der Waals surface area contributed by atoms with E-state index in [-0.39, 0.29) is 17.9 Å². The SMILES string of the molecule is Cc1nn(C[C@H](O)c2ccc(OC(F)F)cc2)c(=O)c2ccccc12. The Bertz CT molecular complexity index is 939. The molecular weight excluding hydrogens is 330 g/mol. The molecule has 3 rings (SSSR count). The Kier molecular flexibility index (Phi) is 4.76. The summed E-state index contributed by atoms with van der Waals surface area (Å²) < 4.78 is 29.8. The zero-order valence-electron chi connectivity index (χ0n) is 13.4. The van der Waals surface area contributed by atoms with Crippen molar-refractivity contribution in [1.82, 2.24) is 9.78 Å². The van der Waals surface area contributed by atoms with Gasteiger partial charge in [0, 0.05) is 5.39 Å². The topological polar surface area (TPSA) is 64.3 Å². The highest BCUT2D eigenvalue weighted by molar-refractivity contribution is 5.83. The first-order valence-electron chi connectivity index (χ1n) is 7.65. The predicted molar refractivity (Wildman–Crippen MR) is 88.8 cm³/mol. The number of rotatable bonds is 5. The number of benzene rings is 2. The Labute approximate surface area is 142 Å². The quantitative estimate of drug-likeness (QED) is 0.771. The number of hydrogen-bond donors (Lipinski definition) is 1. The van der Waals surface area contributed by atoms with Crippen LogP contribution in [0.25, 0.3) is 10.8 Å². The first-order valence-corrected chi connectivity index (χ1v) is 7.65. The first-order chi connectivity index (χ1) is 12.0. The minimum absolute atomic E-state index is 0.00258. The van der Waals surface area contributed by atoms with Crippen molar-refractivity contribution in [2.75, 3.05) is 0 Å². The van der Waals surface area contributed by atoms with Crippen LogP contribution in [0, 0.1) is 6.92 Å². The second kappa shape index (κ2) is 6.98. The third-order valence-electron chi connectivity index (χ3n) is 3.89. The molecule has 0 radical (unpaired) electrons. The molecule has 0 saturated carbocycles. The van der Waals surface area contributed by atoms with Crippen LogP contribution in [-0.4, -0.2) is 21.5 Å². The van der Waals surface area contributed by atoms with Crippen molar-refractivity contribution >= 4 is 10.8 Å². The third kappa shape index (κ3) is 3.66. The molecule has 1 atom stereocenters. The summed E-state index contributed by atoms with van der Waals surface area (Å²) in [5.41, 5.74) is 0.863. The second-order valence-electron chi connectivity index (χ2n) is 5.58.